The van der Waals surface area contributed by atoms with Crippen LogP contribution in [0.2, 0.25) is 0 Å². The number of nitrogens with zero attached hydrogens (tertiary/aromatic N) is 5. The molecule has 2 aromatic heterocycles. The number of halogens is 1. The maximum absolute atomic E-state index is 13.5. The first kappa shape index (κ1) is 26.9. The highest BCUT2D eigenvalue weighted by Gasteiger charge is 2.18. The number of hydrogen-bond acceptors (Lipinski definition) is 6. The largest absolute Gasteiger partial charge is 0.338 e. The number of sulfonamides is 1. The van der Waals surface area contributed by atoms with Gasteiger partial charge in [-0.15, -0.1) is 0 Å². The van der Waals surface area contributed by atoms with Crippen molar-refractivity contribution < 1.29 is 12.8 Å². The quantitative estimate of drug-likeness (QED) is 0.465. The van der Waals surface area contributed by atoms with Crippen LogP contribution in [-0.4, -0.2) is 46.6 Å². The van der Waals surface area contributed by atoms with Crippen molar-refractivity contribution in [2.24, 2.45) is 7.05 Å². The fraction of sp³-hybridized carbons (Fsp3) is 0.292. The zero-order valence-corrected chi connectivity index (χ0v) is 21.4. The summed E-state index contributed by atoms with van der Waals surface area (Å²) < 4.78 is 40.9. The van der Waals surface area contributed by atoms with Crippen LogP contribution in [0, 0.1) is 6.92 Å². The van der Waals surface area contributed by atoms with E-state index in [9.17, 15) is 12.8 Å². The van der Waals surface area contributed by atoms with Crippen molar-refractivity contribution >= 4 is 38.1 Å². The highest BCUT2D eigenvalue weighted by Crippen LogP contribution is 2.28. The second-order valence-electron chi connectivity index (χ2n) is 7.27. The van der Waals surface area contributed by atoms with Gasteiger partial charge in [0.2, 0.25) is 10.0 Å². The molecule has 0 fully saturated rings. The minimum Gasteiger partial charge on any atom is -0.338 e. The summed E-state index contributed by atoms with van der Waals surface area (Å²) in [5.41, 5.74) is 3.08. The summed E-state index contributed by atoms with van der Waals surface area (Å²) in [6, 6.07) is 6.35. The first-order valence-electron chi connectivity index (χ1n) is 10.7. The molecular formula is C24H31FN6O2S. The molecule has 0 saturated heterocycles. The predicted octanol–water partition coefficient (Wildman–Crippen LogP) is 5.13. The molecule has 0 unspecified atom stereocenters. The predicted molar refractivity (Wildman–Crippen MR) is 136 cm³/mol. The molecule has 0 radical (unpaired) electrons. The molecule has 0 aliphatic carbocycles. The zero-order chi connectivity index (χ0) is 25.6. The average molecular weight is 487 g/mol. The van der Waals surface area contributed by atoms with Gasteiger partial charge in [-0.25, -0.2) is 27.1 Å². The smallest absolute Gasteiger partial charge is 0.242 e. The Morgan fingerprint density at radius 2 is 1.76 bits per heavy atom. The van der Waals surface area contributed by atoms with E-state index in [1.165, 1.54) is 44.5 Å². The summed E-state index contributed by atoms with van der Waals surface area (Å²) in [6.07, 6.45) is 4.14. The van der Waals surface area contributed by atoms with Crippen LogP contribution >= 0.6 is 0 Å². The highest BCUT2D eigenvalue weighted by atomic mass is 32.2. The monoisotopic (exact) mass is 486 g/mol. The Labute approximate surface area is 200 Å². The van der Waals surface area contributed by atoms with Crippen molar-refractivity contribution in [1.29, 1.82) is 0 Å². The first-order chi connectivity index (χ1) is 16.0. The lowest BCUT2D eigenvalue weighted by molar-refractivity contribution is 0.521. The minimum atomic E-state index is -3.53. The van der Waals surface area contributed by atoms with Gasteiger partial charge in [-0.1, -0.05) is 26.5 Å². The molecule has 8 nitrogen and oxygen atoms in total. The lowest BCUT2D eigenvalue weighted by Crippen LogP contribution is -2.22. The average Bonchev–Trinajstić information content (AvgIpc) is 3.12. The summed E-state index contributed by atoms with van der Waals surface area (Å²) in [7, 11) is 1.22. The normalized spacial score (nSPS) is 12.2. The standard InChI is InChI=1S/C22H25FN6O2S.C2H6/c1-7-16(23)9-8-14(2)21-25-19-15(3)27-29(6)20(19)22(26-21)24-17-10-12-18(13-11-17)32(30,31)28(4)5;1-2/h7-13H,2H2,1,3-6H3,(H,24,25,26);1-2H3/b9-8-,16-7+;. The fourth-order valence-electron chi connectivity index (χ4n) is 2.98. The SMILES string of the molecule is C=C(/C=C\C(F)=C/C)c1nc(Nc2ccc(S(=O)(=O)N(C)C)cc2)c2c(n1)c(C)nn2C.CC. The molecule has 2 heterocycles. The number of aryl methyl sites for hydroxylation is 2. The van der Waals surface area contributed by atoms with E-state index in [1.54, 1.807) is 30.8 Å². The van der Waals surface area contributed by atoms with Gasteiger partial charge in [-0.05, 0) is 50.3 Å². The van der Waals surface area contributed by atoms with Crippen LogP contribution in [0.4, 0.5) is 15.9 Å². The summed E-state index contributed by atoms with van der Waals surface area (Å²) in [5, 5.41) is 7.63. The molecule has 1 aromatic carbocycles. The molecule has 3 aromatic rings. The Bertz CT molecular complexity index is 1340. The van der Waals surface area contributed by atoms with E-state index in [0.29, 0.717) is 39.6 Å². The van der Waals surface area contributed by atoms with Gasteiger partial charge in [-0.2, -0.15) is 5.10 Å². The third-order valence-corrected chi connectivity index (χ3v) is 6.58. The van der Waals surface area contributed by atoms with Crippen molar-refractivity contribution in [3.8, 4) is 0 Å². The number of fused-ring (bicyclic) bond motifs is 1. The molecule has 0 aliphatic heterocycles. The Morgan fingerprint density at radius 3 is 2.32 bits per heavy atom. The van der Waals surface area contributed by atoms with Crippen LogP contribution in [0.5, 0.6) is 0 Å². The highest BCUT2D eigenvalue weighted by molar-refractivity contribution is 7.89. The van der Waals surface area contributed by atoms with Crippen LogP contribution in [0.3, 0.4) is 0 Å². The van der Waals surface area contributed by atoms with Crippen molar-refractivity contribution in [2.75, 3.05) is 19.4 Å². The molecule has 10 heteroatoms. The Morgan fingerprint density at radius 1 is 1.15 bits per heavy atom. The molecule has 0 atom stereocenters. The molecule has 0 amide bonds. The maximum atomic E-state index is 13.5. The summed E-state index contributed by atoms with van der Waals surface area (Å²) in [4.78, 5) is 9.31. The summed E-state index contributed by atoms with van der Waals surface area (Å²) in [5.74, 6) is 0.399. The first-order valence-corrected chi connectivity index (χ1v) is 12.2. The number of aromatic nitrogens is 4. The number of allylic oxidation sites excluding steroid dienone is 5. The third-order valence-electron chi connectivity index (χ3n) is 4.75. The van der Waals surface area contributed by atoms with E-state index in [2.05, 4.69) is 27.0 Å². The molecule has 0 bridgehead atoms. The van der Waals surface area contributed by atoms with Crippen molar-refractivity contribution in [3.63, 3.8) is 0 Å². The van der Waals surface area contributed by atoms with Crippen LogP contribution in [-0.2, 0) is 17.1 Å². The lowest BCUT2D eigenvalue weighted by atomic mass is 10.2. The van der Waals surface area contributed by atoms with Crippen molar-refractivity contribution in [3.05, 3.63) is 66.4 Å². The van der Waals surface area contributed by atoms with E-state index in [4.69, 9.17) is 0 Å². The molecule has 0 spiro atoms. The van der Waals surface area contributed by atoms with E-state index in [1.807, 2.05) is 20.8 Å². The van der Waals surface area contributed by atoms with Gasteiger partial charge < -0.3 is 5.32 Å². The molecule has 0 aliphatic rings. The molecule has 1 N–H and O–H groups in total. The second kappa shape index (κ2) is 11.2. The van der Waals surface area contributed by atoms with Gasteiger partial charge in [0.1, 0.15) is 16.9 Å². The van der Waals surface area contributed by atoms with E-state index >= 15 is 0 Å². The van der Waals surface area contributed by atoms with Gasteiger partial charge in [0.05, 0.1) is 10.6 Å². The Balaban J connectivity index is 0.00000199. The van der Waals surface area contributed by atoms with E-state index in [0.717, 1.165) is 4.31 Å². The summed E-state index contributed by atoms with van der Waals surface area (Å²) in [6.45, 7) is 11.4. The lowest BCUT2D eigenvalue weighted by Gasteiger charge is -2.13. The van der Waals surface area contributed by atoms with Gasteiger partial charge >= 0.3 is 0 Å². The number of nitrogens with one attached hydrogen (secondary N) is 1. The minimum absolute atomic E-state index is 0.183. The van der Waals surface area contributed by atoms with Crippen LogP contribution in [0.1, 0.15) is 32.3 Å². The second-order valence-corrected chi connectivity index (χ2v) is 9.42. The van der Waals surface area contributed by atoms with Crippen LogP contribution < -0.4 is 5.32 Å². The Hall–Kier alpha value is -3.37. The van der Waals surface area contributed by atoms with Crippen molar-refractivity contribution in [1.82, 2.24) is 24.1 Å². The third kappa shape index (κ3) is 5.75. The molecule has 0 saturated carbocycles. The van der Waals surface area contributed by atoms with Crippen LogP contribution in [0.25, 0.3) is 16.6 Å². The number of rotatable bonds is 7. The fourth-order valence-corrected chi connectivity index (χ4v) is 3.88. The zero-order valence-electron chi connectivity index (χ0n) is 20.6. The topological polar surface area (TPSA) is 93.0 Å². The van der Waals surface area contributed by atoms with Gasteiger partial charge in [-0.3, -0.25) is 4.68 Å². The van der Waals surface area contributed by atoms with Gasteiger partial charge in [0.25, 0.3) is 0 Å². The Kier molecular flexibility index (Phi) is 8.83. The number of anilines is 2. The van der Waals surface area contributed by atoms with Gasteiger partial charge in [0, 0.05) is 32.4 Å². The number of hydrogen-bond donors (Lipinski definition) is 1. The molecular weight excluding hydrogens is 455 g/mol. The number of benzene rings is 1. The maximum Gasteiger partial charge on any atom is 0.242 e. The molecule has 34 heavy (non-hydrogen) atoms. The van der Waals surface area contributed by atoms with E-state index < -0.39 is 15.9 Å². The van der Waals surface area contributed by atoms with Crippen LogP contribution in [0.15, 0.2) is 59.8 Å². The van der Waals surface area contributed by atoms with E-state index in [-0.39, 0.29) is 4.90 Å². The van der Waals surface area contributed by atoms with Crippen molar-refractivity contribution in [2.45, 2.75) is 32.6 Å². The summed E-state index contributed by atoms with van der Waals surface area (Å²) >= 11 is 0. The molecule has 182 valence electrons. The molecule has 3 rings (SSSR count). The van der Waals surface area contributed by atoms with Gasteiger partial charge in [0.15, 0.2) is 11.6 Å².